The SMILES string of the molecule is CS(=O)(=O)N1CCC(C(=O)NCC(O)(c2ccco2)c2cccs2)CC1. The summed E-state index contributed by atoms with van der Waals surface area (Å²) in [6.45, 7) is 0.667. The molecule has 3 rings (SSSR count). The molecule has 2 N–H and O–H groups in total. The Morgan fingerprint density at radius 1 is 1.38 bits per heavy atom. The molecule has 0 saturated carbocycles. The molecule has 1 atom stereocenters. The van der Waals surface area contributed by atoms with Crippen molar-refractivity contribution in [3.8, 4) is 0 Å². The summed E-state index contributed by atoms with van der Waals surface area (Å²) in [7, 11) is -3.22. The molecule has 7 nitrogen and oxygen atoms in total. The maximum atomic E-state index is 12.5. The summed E-state index contributed by atoms with van der Waals surface area (Å²) in [5.41, 5.74) is -1.43. The second-order valence-corrected chi connectivity index (χ2v) is 9.40. The fraction of sp³-hybridized carbons (Fsp3) is 0.471. The van der Waals surface area contributed by atoms with Gasteiger partial charge in [0.15, 0.2) is 5.60 Å². The summed E-state index contributed by atoms with van der Waals surface area (Å²) >= 11 is 1.38. The molecule has 1 amide bonds. The van der Waals surface area contributed by atoms with E-state index in [-0.39, 0.29) is 18.4 Å². The van der Waals surface area contributed by atoms with E-state index in [1.54, 1.807) is 18.2 Å². The predicted molar refractivity (Wildman–Crippen MR) is 98.2 cm³/mol. The van der Waals surface area contributed by atoms with E-state index in [1.165, 1.54) is 28.2 Å². The van der Waals surface area contributed by atoms with Gasteiger partial charge in [-0.1, -0.05) is 6.07 Å². The minimum atomic E-state index is -3.22. The van der Waals surface area contributed by atoms with Crippen LogP contribution >= 0.6 is 11.3 Å². The van der Waals surface area contributed by atoms with E-state index in [4.69, 9.17) is 4.42 Å². The average molecular weight is 399 g/mol. The number of hydrogen-bond acceptors (Lipinski definition) is 6. The largest absolute Gasteiger partial charge is 0.466 e. The Morgan fingerprint density at radius 2 is 2.12 bits per heavy atom. The van der Waals surface area contributed by atoms with Crippen LogP contribution in [0.3, 0.4) is 0 Å². The first-order valence-corrected chi connectivity index (χ1v) is 11.1. The normalized spacial score (nSPS) is 19.2. The lowest BCUT2D eigenvalue weighted by Crippen LogP contribution is -2.46. The first-order valence-electron chi connectivity index (χ1n) is 8.34. The van der Waals surface area contributed by atoms with Crippen LogP contribution in [-0.4, -0.2) is 49.6 Å². The van der Waals surface area contributed by atoms with Crippen molar-refractivity contribution in [1.82, 2.24) is 9.62 Å². The van der Waals surface area contributed by atoms with Crippen molar-refractivity contribution in [2.75, 3.05) is 25.9 Å². The number of carbonyl (C=O) groups excluding carboxylic acids is 1. The molecule has 1 unspecified atom stereocenters. The molecule has 0 aliphatic carbocycles. The molecule has 1 aliphatic heterocycles. The summed E-state index contributed by atoms with van der Waals surface area (Å²) in [5.74, 6) is -0.0796. The minimum Gasteiger partial charge on any atom is -0.466 e. The summed E-state index contributed by atoms with van der Waals surface area (Å²) < 4.78 is 29.9. The zero-order valence-corrected chi connectivity index (χ0v) is 16.1. The van der Waals surface area contributed by atoms with E-state index in [0.29, 0.717) is 36.6 Å². The second-order valence-electron chi connectivity index (χ2n) is 6.47. The van der Waals surface area contributed by atoms with Crippen LogP contribution < -0.4 is 5.32 Å². The van der Waals surface area contributed by atoms with Crippen LogP contribution in [0.15, 0.2) is 40.3 Å². The molecule has 26 heavy (non-hydrogen) atoms. The molecule has 0 bridgehead atoms. The number of rotatable bonds is 6. The van der Waals surface area contributed by atoms with Gasteiger partial charge in [-0.25, -0.2) is 12.7 Å². The molecular formula is C17H22N2O5S2. The number of sulfonamides is 1. The Morgan fingerprint density at radius 3 is 2.65 bits per heavy atom. The quantitative estimate of drug-likeness (QED) is 0.765. The van der Waals surface area contributed by atoms with Crippen LogP contribution in [0.2, 0.25) is 0 Å². The van der Waals surface area contributed by atoms with Gasteiger partial charge in [-0.2, -0.15) is 0 Å². The number of amides is 1. The topological polar surface area (TPSA) is 99.9 Å². The zero-order chi connectivity index (χ0) is 18.8. The third kappa shape index (κ3) is 4.01. The average Bonchev–Trinajstić information content (AvgIpc) is 3.32. The van der Waals surface area contributed by atoms with Crippen molar-refractivity contribution in [2.24, 2.45) is 5.92 Å². The highest BCUT2D eigenvalue weighted by Gasteiger charge is 2.37. The molecule has 0 aromatic carbocycles. The molecule has 2 aromatic heterocycles. The molecule has 0 spiro atoms. The van der Waals surface area contributed by atoms with Crippen molar-refractivity contribution in [2.45, 2.75) is 18.4 Å². The molecule has 9 heteroatoms. The molecule has 142 valence electrons. The van der Waals surface area contributed by atoms with Gasteiger partial charge >= 0.3 is 0 Å². The third-order valence-electron chi connectivity index (χ3n) is 4.67. The van der Waals surface area contributed by atoms with Gasteiger partial charge in [0.2, 0.25) is 15.9 Å². The van der Waals surface area contributed by atoms with E-state index in [2.05, 4.69) is 5.32 Å². The number of piperidine rings is 1. The van der Waals surface area contributed by atoms with Gasteiger partial charge in [-0.05, 0) is 36.4 Å². The van der Waals surface area contributed by atoms with Crippen LogP contribution in [0.5, 0.6) is 0 Å². The van der Waals surface area contributed by atoms with Gasteiger partial charge in [-0.15, -0.1) is 11.3 Å². The monoisotopic (exact) mass is 398 g/mol. The van der Waals surface area contributed by atoms with Gasteiger partial charge < -0.3 is 14.8 Å². The van der Waals surface area contributed by atoms with Crippen LogP contribution in [0, 0.1) is 5.92 Å². The maximum Gasteiger partial charge on any atom is 0.223 e. The Bertz CT molecular complexity index is 788. The Labute approximate surface area is 156 Å². The van der Waals surface area contributed by atoms with E-state index >= 15 is 0 Å². The van der Waals surface area contributed by atoms with Crippen LogP contribution in [0.1, 0.15) is 23.5 Å². The lowest BCUT2D eigenvalue weighted by atomic mass is 9.95. The number of nitrogens with zero attached hydrogens (tertiary/aromatic N) is 1. The van der Waals surface area contributed by atoms with Gasteiger partial charge in [-0.3, -0.25) is 4.79 Å². The molecular weight excluding hydrogens is 376 g/mol. The van der Waals surface area contributed by atoms with E-state index in [0.717, 1.165) is 0 Å². The van der Waals surface area contributed by atoms with Gasteiger partial charge in [0.05, 0.1) is 19.1 Å². The maximum absolute atomic E-state index is 12.5. The van der Waals surface area contributed by atoms with Crippen molar-refractivity contribution in [1.29, 1.82) is 0 Å². The highest BCUT2D eigenvalue weighted by Crippen LogP contribution is 2.33. The number of carbonyl (C=O) groups is 1. The fourth-order valence-corrected chi connectivity index (χ4v) is 4.84. The number of furan rings is 1. The first-order chi connectivity index (χ1) is 12.3. The van der Waals surface area contributed by atoms with Crippen molar-refractivity contribution >= 4 is 27.3 Å². The molecule has 1 saturated heterocycles. The third-order valence-corrected chi connectivity index (χ3v) is 6.99. The Balaban J connectivity index is 1.64. The number of thiophene rings is 1. The smallest absolute Gasteiger partial charge is 0.223 e. The first kappa shape index (κ1) is 19.1. The highest BCUT2D eigenvalue weighted by atomic mass is 32.2. The summed E-state index contributed by atoms with van der Waals surface area (Å²) in [6.07, 6.45) is 3.60. The minimum absolute atomic E-state index is 0.00779. The number of aliphatic hydroxyl groups is 1. The Kier molecular flexibility index (Phi) is 5.52. The fourth-order valence-electron chi connectivity index (χ4n) is 3.13. The van der Waals surface area contributed by atoms with E-state index in [9.17, 15) is 18.3 Å². The van der Waals surface area contributed by atoms with E-state index in [1.807, 2.05) is 11.4 Å². The summed E-state index contributed by atoms with van der Waals surface area (Å²) in [5, 5.41) is 15.8. The Hall–Kier alpha value is -1.68. The van der Waals surface area contributed by atoms with E-state index < -0.39 is 15.6 Å². The zero-order valence-electron chi connectivity index (χ0n) is 14.4. The lowest BCUT2D eigenvalue weighted by molar-refractivity contribution is -0.127. The molecule has 0 radical (unpaired) electrons. The van der Waals surface area contributed by atoms with Crippen molar-refractivity contribution in [3.05, 3.63) is 46.5 Å². The second kappa shape index (κ2) is 7.51. The summed E-state index contributed by atoms with van der Waals surface area (Å²) in [6, 6.07) is 6.99. The number of hydrogen-bond donors (Lipinski definition) is 2. The molecule has 1 fully saturated rings. The van der Waals surface area contributed by atoms with Crippen LogP contribution in [0.25, 0.3) is 0 Å². The number of nitrogens with one attached hydrogen (secondary N) is 1. The van der Waals surface area contributed by atoms with Crippen LogP contribution in [-0.2, 0) is 20.4 Å². The lowest BCUT2D eigenvalue weighted by Gasteiger charge is -2.31. The van der Waals surface area contributed by atoms with Crippen LogP contribution in [0.4, 0.5) is 0 Å². The van der Waals surface area contributed by atoms with Gasteiger partial charge in [0, 0.05) is 23.9 Å². The van der Waals surface area contributed by atoms with Crippen molar-refractivity contribution < 1.29 is 22.7 Å². The highest BCUT2D eigenvalue weighted by molar-refractivity contribution is 7.88. The van der Waals surface area contributed by atoms with Crippen molar-refractivity contribution in [3.63, 3.8) is 0 Å². The van der Waals surface area contributed by atoms with Gasteiger partial charge in [0.25, 0.3) is 0 Å². The molecule has 3 heterocycles. The van der Waals surface area contributed by atoms with Gasteiger partial charge in [0.1, 0.15) is 5.76 Å². The molecule has 1 aliphatic rings. The predicted octanol–water partition coefficient (Wildman–Crippen LogP) is 1.36. The standard InChI is InChI=1S/C17H22N2O5S2/c1-26(22,23)19-8-6-13(7-9-19)16(20)18-12-17(21,14-4-2-10-24-14)15-5-3-11-25-15/h2-5,10-11,13,21H,6-9,12H2,1H3,(H,18,20). The molecule has 2 aromatic rings. The summed E-state index contributed by atoms with van der Waals surface area (Å²) in [4.78, 5) is 13.2.